The van der Waals surface area contributed by atoms with Crippen molar-refractivity contribution in [1.29, 1.82) is 0 Å². The topological polar surface area (TPSA) is 46.2 Å². The molecule has 0 saturated heterocycles. The summed E-state index contributed by atoms with van der Waals surface area (Å²) in [6, 6.07) is 0. The lowest BCUT2D eigenvalue weighted by molar-refractivity contribution is 0.231. The van der Waals surface area contributed by atoms with Crippen LogP contribution in [0.5, 0.6) is 0 Å². The summed E-state index contributed by atoms with van der Waals surface area (Å²) in [5, 5.41) is 9.29. The zero-order chi connectivity index (χ0) is 18.4. The molecule has 150 valence electrons. The minimum atomic E-state index is -0.453. The van der Waals surface area contributed by atoms with Crippen molar-refractivity contribution < 1.29 is 5.11 Å². The van der Waals surface area contributed by atoms with Gasteiger partial charge in [0.2, 0.25) is 0 Å². The molecule has 0 aromatic heterocycles. The molecule has 1 atom stereocenters. The summed E-state index contributed by atoms with van der Waals surface area (Å²) in [6.45, 7) is 2.62. The molecule has 0 amide bonds. The van der Waals surface area contributed by atoms with E-state index in [1.54, 1.807) is 0 Å². The van der Waals surface area contributed by atoms with Gasteiger partial charge in [0.05, 0.1) is 6.10 Å². The molecule has 3 N–H and O–H groups in total. The maximum Gasteiger partial charge on any atom is 0.0843 e. The first-order chi connectivity index (χ1) is 12.3. The van der Waals surface area contributed by atoms with Crippen LogP contribution in [0.2, 0.25) is 0 Å². The van der Waals surface area contributed by atoms with Crippen molar-refractivity contribution in [3.05, 3.63) is 12.2 Å². The lowest BCUT2D eigenvalue weighted by Crippen LogP contribution is -2.16. The van der Waals surface area contributed by atoms with E-state index in [9.17, 15) is 5.11 Å². The minimum absolute atomic E-state index is 0.329. The molecule has 0 aliphatic heterocycles. The van der Waals surface area contributed by atoms with Gasteiger partial charge < -0.3 is 10.8 Å². The van der Waals surface area contributed by atoms with Crippen molar-refractivity contribution in [2.75, 3.05) is 6.54 Å². The smallest absolute Gasteiger partial charge is 0.0843 e. The molecule has 0 spiro atoms. The third kappa shape index (κ3) is 21.6. The van der Waals surface area contributed by atoms with E-state index in [0.29, 0.717) is 6.54 Å². The molecule has 0 saturated carbocycles. The molecule has 2 heteroatoms. The van der Waals surface area contributed by atoms with E-state index >= 15 is 0 Å². The van der Waals surface area contributed by atoms with E-state index in [1.807, 2.05) is 6.08 Å². The summed E-state index contributed by atoms with van der Waals surface area (Å²) in [7, 11) is 0. The van der Waals surface area contributed by atoms with E-state index in [4.69, 9.17) is 5.73 Å². The number of unbranched alkanes of at least 4 members (excludes halogenated alkanes) is 17. The Hall–Kier alpha value is -0.340. The summed E-state index contributed by atoms with van der Waals surface area (Å²) in [5.74, 6) is 0. The molecule has 1 unspecified atom stereocenters. The van der Waals surface area contributed by atoms with Gasteiger partial charge in [-0.2, -0.15) is 0 Å². The number of allylic oxidation sites excluding steroid dienone is 1. The highest BCUT2D eigenvalue weighted by Gasteiger charge is 1.95. The third-order valence-electron chi connectivity index (χ3n) is 5.07. The van der Waals surface area contributed by atoms with Crippen LogP contribution in [0, 0.1) is 0 Å². The molecule has 0 aromatic carbocycles. The van der Waals surface area contributed by atoms with Crippen molar-refractivity contribution in [1.82, 2.24) is 0 Å². The summed E-state index contributed by atoms with van der Waals surface area (Å²) >= 11 is 0. The largest absolute Gasteiger partial charge is 0.388 e. The van der Waals surface area contributed by atoms with Crippen LogP contribution < -0.4 is 5.73 Å². The highest BCUT2D eigenvalue weighted by molar-refractivity contribution is 4.88. The highest BCUT2D eigenvalue weighted by Crippen LogP contribution is 2.14. The highest BCUT2D eigenvalue weighted by atomic mass is 16.3. The van der Waals surface area contributed by atoms with E-state index in [0.717, 1.165) is 6.42 Å². The molecule has 2 nitrogen and oxygen atoms in total. The SMILES string of the molecule is CCCCCCCCCCCCCCCCCCCC=CC(O)CN. The van der Waals surface area contributed by atoms with Gasteiger partial charge in [-0.05, 0) is 12.8 Å². The van der Waals surface area contributed by atoms with E-state index in [1.165, 1.54) is 109 Å². The predicted octanol–water partition coefficient (Wildman–Crippen LogP) is 6.90. The van der Waals surface area contributed by atoms with Gasteiger partial charge in [-0.25, -0.2) is 0 Å². The molecule has 0 fully saturated rings. The van der Waals surface area contributed by atoms with Gasteiger partial charge in [0.25, 0.3) is 0 Å². The Kier molecular flexibility index (Phi) is 21.4. The Bertz CT molecular complexity index is 265. The fourth-order valence-electron chi connectivity index (χ4n) is 3.32. The first-order valence-corrected chi connectivity index (χ1v) is 11.4. The summed E-state index contributed by atoms with van der Waals surface area (Å²) in [4.78, 5) is 0. The van der Waals surface area contributed by atoms with Crippen LogP contribution >= 0.6 is 0 Å². The standard InChI is InChI=1S/C23H47NO/c1-2-3-4-5-6-7-8-9-10-11-12-13-14-15-16-17-18-19-20-21-23(25)22-24/h20-21,23,25H,2-19,22,24H2,1H3. The number of rotatable bonds is 20. The predicted molar refractivity (Wildman–Crippen MR) is 113 cm³/mol. The van der Waals surface area contributed by atoms with Crippen molar-refractivity contribution in [2.24, 2.45) is 5.73 Å². The Morgan fingerprint density at radius 2 is 1.00 bits per heavy atom. The normalized spacial score (nSPS) is 12.9. The Morgan fingerprint density at radius 3 is 1.36 bits per heavy atom. The third-order valence-corrected chi connectivity index (χ3v) is 5.07. The monoisotopic (exact) mass is 353 g/mol. The lowest BCUT2D eigenvalue weighted by atomic mass is 10.0. The van der Waals surface area contributed by atoms with Crippen molar-refractivity contribution in [3.8, 4) is 0 Å². The number of aliphatic hydroxyl groups excluding tert-OH is 1. The molecule has 0 rings (SSSR count). The average molecular weight is 354 g/mol. The van der Waals surface area contributed by atoms with Crippen LogP contribution in [0.1, 0.15) is 122 Å². The molecule has 0 heterocycles. The molecule has 25 heavy (non-hydrogen) atoms. The molecule has 0 aromatic rings. The lowest BCUT2D eigenvalue weighted by Gasteiger charge is -2.03. The van der Waals surface area contributed by atoms with Crippen LogP contribution in [0.25, 0.3) is 0 Å². The van der Waals surface area contributed by atoms with E-state index in [-0.39, 0.29) is 0 Å². The first-order valence-electron chi connectivity index (χ1n) is 11.4. The van der Waals surface area contributed by atoms with Crippen LogP contribution in [0.15, 0.2) is 12.2 Å². The Labute approximate surface area is 158 Å². The number of hydrogen-bond acceptors (Lipinski definition) is 2. The second-order valence-corrected chi connectivity index (χ2v) is 7.68. The van der Waals surface area contributed by atoms with Gasteiger partial charge in [0, 0.05) is 6.54 Å². The van der Waals surface area contributed by atoms with Gasteiger partial charge in [0.15, 0.2) is 0 Å². The van der Waals surface area contributed by atoms with Gasteiger partial charge in [-0.3, -0.25) is 0 Å². The molecule has 0 aliphatic carbocycles. The molecule has 0 aliphatic rings. The molecule has 0 bridgehead atoms. The minimum Gasteiger partial charge on any atom is -0.388 e. The number of aliphatic hydroxyl groups is 1. The maximum atomic E-state index is 9.29. The summed E-state index contributed by atoms with van der Waals surface area (Å²) in [6.07, 6.45) is 28.6. The van der Waals surface area contributed by atoms with E-state index in [2.05, 4.69) is 13.0 Å². The quantitative estimate of drug-likeness (QED) is 0.185. The second kappa shape index (κ2) is 21.7. The molecule has 0 radical (unpaired) electrons. The van der Waals surface area contributed by atoms with Gasteiger partial charge in [-0.15, -0.1) is 0 Å². The fraction of sp³-hybridized carbons (Fsp3) is 0.913. The van der Waals surface area contributed by atoms with Crippen molar-refractivity contribution in [2.45, 2.75) is 129 Å². The van der Waals surface area contributed by atoms with Crippen LogP contribution in [0.3, 0.4) is 0 Å². The van der Waals surface area contributed by atoms with Gasteiger partial charge >= 0.3 is 0 Å². The van der Waals surface area contributed by atoms with Crippen molar-refractivity contribution >= 4 is 0 Å². The Morgan fingerprint density at radius 1 is 0.640 bits per heavy atom. The summed E-state index contributed by atoms with van der Waals surface area (Å²) < 4.78 is 0. The zero-order valence-corrected chi connectivity index (χ0v) is 17.2. The van der Waals surface area contributed by atoms with Crippen LogP contribution in [-0.2, 0) is 0 Å². The van der Waals surface area contributed by atoms with Gasteiger partial charge in [-0.1, -0.05) is 122 Å². The number of nitrogens with two attached hydrogens (primary N) is 1. The molecular weight excluding hydrogens is 306 g/mol. The molecular formula is C23H47NO. The van der Waals surface area contributed by atoms with Gasteiger partial charge in [0.1, 0.15) is 0 Å². The number of hydrogen-bond donors (Lipinski definition) is 2. The summed E-state index contributed by atoms with van der Waals surface area (Å²) in [5.41, 5.74) is 5.35. The first kappa shape index (κ1) is 24.7. The van der Waals surface area contributed by atoms with Crippen molar-refractivity contribution in [3.63, 3.8) is 0 Å². The maximum absolute atomic E-state index is 9.29. The second-order valence-electron chi connectivity index (χ2n) is 7.68. The zero-order valence-electron chi connectivity index (χ0n) is 17.2. The fourth-order valence-corrected chi connectivity index (χ4v) is 3.32. The Balaban J connectivity index is 3.04. The van der Waals surface area contributed by atoms with Crippen LogP contribution in [0.4, 0.5) is 0 Å². The van der Waals surface area contributed by atoms with Crippen LogP contribution in [-0.4, -0.2) is 17.8 Å². The average Bonchev–Trinajstić information content (AvgIpc) is 2.63. The van der Waals surface area contributed by atoms with E-state index < -0.39 is 6.10 Å².